The molecule has 17 heavy (non-hydrogen) atoms. The molecule has 6 nitrogen and oxygen atoms in total. The maximum absolute atomic E-state index is 4.48. The van der Waals surface area contributed by atoms with Gasteiger partial charge in [-0.1, -0.05) is 0 Å². The Morgan fingerprint density at radius 3 is 2.59 bits per heavy atom. The lowest BCUT2D eigenvalue weighted by molar-refractivity contribution is 0.311. The minimum Gasteiger partial charge on any atom is -0.366 e. The molecule has 0 saturated carbocycles. The lowest BCUT2D eigenvalue weighted by atomic mass is 10.3. The van der Waals surface area contributed by atoms with E-state index in [1.165, 1.54) is 0 Å². The van der Waals surface area contributed by atoms with Gasteiger partial charge in [0.05, 0.1) is 6.20 Å². The van der Waals surface area contributed by atoms with Crippen molar-refractivity contribution in [2.24, 2.45) is 0 Å². The first-order valence-corrected chi connectivity index (χ1v) is 6.05. The lowest BCUT2D eigenvalue weighted by Crippen LogP contribution is -2.45. The average Bonchev–Trinajstić information content (AvgIpc) is 2.29. The van der Waals surface area contributed by atoms with Gasteiger partial charge in [-0.2, -0.15) is 10.1 Å². The summed E-state index contributed by atoms with van der Waals surface area (Å²) < 4.78 is 0. The molecule has 94 valence electrons. The van der Waals surface area contributed by atoms with E-state index >= 15 is 0 Å². The number of nitrogens with zero attached hydrogens (tertiary/aromatic N) is 5. The molecule has 1 fully saturated rings. The molecule has 1 N–H and O–H groups in total. The lowest BCUT2D eigenvalue weighted by Gasteiger charge is -2.32. The first kappa shape index (κ1) is 12.0. The zero-order valence-corrected chi connectivity index (χ0v) is 10.7. The fourth-order valence-corrected chi connectivity index (χ4v) is 1.80. The normalized spacial score (nSPS) is 17.5. The highest BCUT2D eigenvalue weighted by Crippen LogP contribution is 2.12. The maximum Gasteiger partial charge on any atom is 0.247 e. The van der Waals surface area contributed by atoms with Crippen LogP contribution in [0.5, 0.6) is 0 Å². The second-order valence-electron chi connectivity index (χ2n) is 4.73. The van der Waals surface area contributed by atoms with Crippen LogP contribution in [0.2, 0.25) is 0 Å². The number of piperazine rings is 1. The smallest absolute Gasteiger partial charge is 0.247 e. The van der Waals surface area contributed by atoms with Crippen molar-refractivity contribution < 1.29 is 0 Å². The van der Waals surface area contributed by atoms with Crippen LogP contribution in [0.1, 0.15) is 13.8 Å². The first-order chi connectivity index (χ1) is 8.15. The van der Waals surface area contributed by atoms with Crippen LogP contribution in [0.15, 0.2) is 6.20 Å². The monoisotopic (exact) mass is 236 g/mol. The third-order valence-electron chi connectivity index (χ3n) is 2.77. The second-order valence-corrected chi connectivity index (χ2v) is 4.73. The Hall–Kier alpha value is -1.43. The summed E-state index contributed by atoms with van der Waals surface area (Å²) in [4.78, 5) is 8.97. The van der Waals surface area contributed by atoms with E-state index in [0.717, 1.165) is 37.9 Å². The van der Waals surface area contributed by atoms with Gasteiger partial charge < -0.3 is 15.1 Å². The molecule has 6 heteroatoms. The number of hydrogen-bond donors (Lipinski definition) is 1. The summed E-state index contributed by atoms with van der Waals surface area (Å²) >= 11 is 0. The fraction of sp³-hybridized carbons (Fsp3) is 0.727. The van der Waals surface area contributed by atoms with E-state index in [0.29, 0.717) is 6.04 Å². The van der Waals surface area contributed by atoms with Crippen molar-refractivity contribution in [2.45, 2.75) is 19.9 Å². The molecule has 0 unspecified atom stereocenters. The van der Waals surface area contributed by atoms with Crippen molar-refractivity contribution in [1.82, 2.24) is 20.1 Å². The predicted octanol–water partition coefficient (Wildman–Crippen LogP) is 0.444. The number of anilines is 2. The molecule has 0 aromatic carbocycles. The van der Waals surface area contributed by atoms with Gasteiger partial charge in [-0.25, -0.2) is 0 Å². The SMILES string of the molecule is CC(C)Nc1cnnc(N2CCN(C)CC2)n1. The van der Waals surface area contributed by atoms with Crippen LogP contribution in [0.3, 0.4) is 0 Å². The predicted molar refractivity (Wildman–Crippen MR) is 68.3 cm³/mol. The summed E-state index contributed by atoms with van der Waals surface area (Å²) in [6.07, 6.45) is 1.67. The van der Waals surface area contributed by atoms with Crippen molar-refractivity contribution in [1.29, 1.82) is 0 Å². The Morgan fingerprint density at radius 1 is 1.24 bits per heavy atom. The summed E-state index contributed by atoms with van der Waals surface area (Å²) in [6.45, 7) is 8.18. The third kappa shape index (κ3) is 3.26. The van der Waals surface area contributed by atoms with Crippen LogP contribution < -0.4 is 10.2 Å². The quantitative estimate of drug-likeness (QED) is 0.822. The van der Waals surface area contributed by atoms with Crippen LogP contribution in [0.25, 0.3) is 0 Å². The topological polar surface area (TPSA) is 57.2 Å². The molecule has 2 heterocycles. The van der Waals surface area contributed by atoms with Crippen molar-refractivity contribution in [3.8, 4) is 0 Å². The number of likely N-dealkylation sites (N-methyl/N-ethyl adjacent to an activating group) is 1. The van der Waals surface area contributed by atoms with E-state index in [2.05, 4.69) is 51.2 Å². The molecule has 1 aliphatic rings. The van der Waals surface area contributed by atoms with Crippen LogP contribution in [0, 0.1) is 0 Å². The molecule has 1 aliphatic heterocycles. The van der Waals surface area contributed by atoms with E-state index in [1.807, 2.05) is 0 Å². The zero-order chi connectivity index (χ0) is 12.3. The summed E-state index contributed by atoms with van der Waals surface area (Å²) in [6, 6.07) is 0.354. The Kier molecular flexibility index (Phi) is 3.73. The largest absolute Gasteiger partial charge is 0.366 e. The Bertz CT molecular complexity index is 359. The van der Waals surface area contributed by atoms with Crippen LogP contribution in [-0.2, 0) is 0 Å². The van der Waals surface area contributed by atoms with Crippen molar-refractivity contribution >= 4 is 11.8 Å². The van der Waals surface area contributed by atoms with E-state index in [9.17, 15) is 0 Å². The molecule has 0 atom stereocenters. The van der Waals surface area contributed by atoms with Gasteiger partial charge in [0.1, 0.15) is 0 Å². The van der Waals surface area contributed by atoms with E-state index in [1.54, 1.807) is 6.20 Å². The highest BCUT2D eigenvalue weighted by atomic mass is 15.4. The molecule has 0 amide bonds. The third-order valence-corrected chi connectivity index (χ3v) is 2.77. The molecule has 0 spiro atoms. The van der Waals surface area contributed by atoms with Gasteiger partial charge in [0.2, 0.25) is 5.95 Å². The molecule has 1 saturated heterocycles. The molecule has 0 bridgehead atoms. The minimum absolute atomic E-state index is 0.354. The van der Waals surface area contributed by atoms with Gasteiger partial charge in [-0.3, -0.25) is 0 Å². The molecule has 2 rings (SSSR count). The maximum atomic E-state index is 4.48. The van der Waals surface area contributed by atoms with Crippen molar-refractivity contribution in [2.75, 3.05) is 43.4 Å². The molecule has 1 aromatic heterocycles. The summed E-state index contributed by atoms with van der Waals surface area (Å²) in [5.74, 6) is 1.52. The van der Waals surface area contributed by atoms with Crippen LogP contribution >= 0.6 is 0 Å². The van der Waals surface area contributed by atoms with Crippen LogP contribution in [0.4, 0.5) is 11.8 Å². The molecule has 0 radical (unpaired) electrons. The van der Waals surface area contributed by atoms with Gasteiger partial charge in [0.15, 0.2) is 5.82 Å². The Morgan fingerprint density at radius 2 is 1.94 bits per heavy atom. The van der Waals surface area contributed by atoms with Crippen molar-refractivity contribution in [3.05, 3.63) is 6.20 Å². The van der Waals surface area contributed by atoms with Crippen LogP contribution in [-0.4, -0.2) is 59.3 Å². The highest BCUT2D eigenvalue weighted by Gasteiger charge is 2.17. The number of nitrogens with one attached hydrogen (secondary N) is 1. The number of hydrogen-bond acceptors (Lipinski definition) is 6. The summed E-state index contributed by atoms with van der Waals surface area (Å²) in [5.41, 5.74) is 0. The minimum atomic E-state index is 0.354. The highest BCUT2D eigenvalue weighted by molar-refractivity contribution is 5.39. The molecule has 0 aliphatic carbocycles. The zero-order valence-electron chi connectivity index (χ0n) is 10.7. The molecule has 1 aromatic rings. The van der Waals surface area contributed by atoms with Gasteiger partial charge in [0.25, 0.3) is 0 Å². The van der Waals surface area contributed by atoms with Gasteiger partial charge >= 0.3 is 0 Å². The molecular formula is C11H20N6. The summed E-state index contributed by atoms with van der Waals surface area (Å²) in [5, 5.41) is 11.3. The van der Waals surface area contributed by atoms with E-state index in [4.69, 9.17) is 0 Å². The van der Waals surface area contributed by atoms with E-state index in [-0.39, 0.29) is 0 Å². The van der Waals surface area contributed by atoms with Gasteiger partial charge in [-0.05, 0) is 20.9 Å². The van der Waals surface area contributed by atoms with Crippen molar-refractivity contribution in [3.63, 3.8) is 0 Å². The molecular weight excluding hydrogens is 216 g/mol. The van der Waals surface area contributed by atoms with Gasteiger partial charge in [-0.15, -0.1) is 5.10 Å². The fourth-order valence-electron chi connectivity index (χ4n) is 1.80. The average molecular weight is 236 g/mol. The number of rotatable bonds is 3. The van der Waals surface area contributed by atoms with Gasteiger partial charge in [0, 0.05) is 32.2 Å². The number of aromatic nitrogens is 3. The summed E-state index contributed by atoms with van der Waals surface area (Å²) in [7, 11) is 2.13. The standard InChI is InChI=1S/C11H20N6/c1-9(2)13-10-8-12-15-11(14-10)17-6-4-16(3)5-7-17/h8-9H,4-7H2,1-3H3,(H,13,14,15). The first-order valence-electron chi connectivity index (χ1n) is 6.05. The Balaban J connectivity index is 2.05. The Labute approximate surface area is 102 Å². The second kappa shape index (κ2) is 5.27. The van der Waals surface area contributed by atoms with E-state index < -0.39 is 0 Å².